The third kappa shape index (κ3) is 6.94. The van der Waals surface area contributed by atoms with Gasteiger partial charge in [0.1, 0.15) is 19.0 Å². The number of ether oxygens (including phenoxy) is 3. The van der Waals surface area contributed by atoms with E-state index in [0.717, 1.165) is 18.8 Å². The van der Waals surface area contributed by atoms with Crippen LogP contribution >= 0.6 is 0 Å². The highest BCUT2D eigenvalue weighted by atomic mass is 16.5. The van der Waals surface area contributed by atoms with Crippen molar-refractivity contribution in [3.8, 4) is 5.75 Å². The number of benzene rings is 1. The van der Waals surface area contributed by atoms with Gasteiger partial charge in [0.2, 0.25) is 5.91 Å². The molecule has 1 amide bonds. The van der Waals surface area contributed by atoms with Crippen molar-refractivity contribution in [2.24, 2.45) is 0 Å². The summed E-state index contributed by atoms with van der Waals surface area (Å²) in [6.07, 6.45) is 0.420. The molecule has 0 spiro atoms. The number of carbonyl (C=O) groups is 1. The Balaban J connectivity index is 1.61. The smallest absolute Gasteiger partial charge is 0.246 e. The molecule has 146 valence electrons. The van der Waals surface area contributed by atoms with E-state index in [4.69, 9.17) is 14.2 Å². The largest absolute Gasteiger partial charge is 0.491 e. The zero-order valence-electron chi connectivity index (χ0n) is 16.4. The summed E-state index contributed by atoms with van der Waals surface area (Å²) < 4.78 is 16.7. The number of carbonyl (C=O) groups excluding carboxylic acids is 1. The molecular formula is C20H32N2O4. The molecule has 1 aromatic rings. The molecule has 0 saturated carbocycles. The Hall–Kier alpha value is -1.63. The molecule has 1 heterocycles. The molecule has 1 fully saturated rings. The lowest BCUT2D eigenvalue weighted by atomic mass is 10.00. The van der Waals surface area contributed by atoms with Gasteiger partial charge in [0.15, 0.2) is 0 Å². The number of amides is 1. The summed E-state index contributed by atoms with van der Waals surface area (Å²) in [5.41, 5.74) is -0.127. The molecule has 1 aromatic carbocycles. The van der Waals surface area contributed by atoms with Crippen LogP contribution in [0.15, 0.2) is 30.3 Å². The number of hydrogen-bond donors (Lipinski definition) is 1. The lowest BCUT2D eigenvalue weighted by molar-refractivity contribution is -0.127. The molecule has 1 aliphatic rings. The van der Waals surface area contributed by atoms with Gasteiger partial charge in [-0.25, -0.2) is 0 Å². The van der Waals surface area contributed by atoms with Gasteiger partial charge < -0.3 is 19.5 Å². The summed E-state index contributed by atoms with van der Waals surface area (Å²) in [6.45, 7) is 11.6. The van der Waals surface area contributed by atoms with E-state index in [-0.39, 0.29) is 30.3 Å². The lowest BCUT2D eigenvalue weighted by Gasteiger charge is -2.45. The number of hydrogen-bond acceptors (Lipinski definition) is 5. The van der Waals surface area contributed by atoms with Crippen molar-refractivity contribution in [2.45, 2.75) is 45.4 Å². The predicted octanol–water partition coefficient (Wildman–Crippen LogP) is 2.09. The summed E-state index contributed by atoms with van der Waals surface area (Å²) >= 11 is 0. The molecule has 6 nitrogen and oxygen atoms in total. The molecule has 0 aliphatic carbocycles. The van der Waals surface area contributed by atoms with E-state index in [1.807, 2.05) is 30.3 Å². The molecule has 0 unspecified atom stereocenters. The van der Waals surface area contributed by atoms with E-state index in [1.54, 1.807) is 0 Å². The monoisotopic (exact) mass is 364 g/mol. The van der Waals surface area contributed by atoms with E-state index >= 15 is 0 Å². The standard InChI is InChI=1S/C20H32N2O4/c1-16-12-22(13-17(2)26-16)20(3,4)15-21-19(23)14-24-10-11-25-18-8-6-5-7-9-18/h5-9,16-17H,10-15H2,1-4H3,(H,21,23)/t16-,17-/m0/s1. The lowest BCUT2D eigenvalue weighted by Crippen LogP contribution is -2.58. The fraction of sp³-hybridized carbons (Fsp3) is 0.650. The Kier molecular flexibility index (Phi) is 7.87. The average molecular weight is 364 g/mol. The molecule has 1 N–H and O–H groups in total. The molecule has 2 atom stereocenters. The van der Waals surface area contributed by atoms with Crippen LogP contribution in [0.5, 0.6) is 5.75 Å². The zero-order valence-corrected chi connectivity index (χ0v) is 16.4. The summed E-state index contributed by atoms with van der Waals surface area (Å²) in [5, 5.41) is 2.97. The SMILES string of the molecule is C[C@H]1CN(C(C)(C)CNC(=O)COCCOc2ccccc2)C[C@H](C)O1. The predicted molar refractivity (Wildman–Crippen MR) is 101 cm³/mol. The Labute approximate surface area is 156 Å². The highest BCUT2D eigenvalue weighted by molar-refractivity contribution is 5.77. The van der Waals surface area contributed by atoms with E-state index in [1.165, 1.54) is 0 Å². The van der Waals surface area contributed by atoms with Crippen LogP contribution in [0, 0.1) is 0 Å². The second kappa shape index (κ2) is 9.90. The molecule has 0 bridgehead atoms. The Morgan fingerprint density at radius 1 is 1.19 bits per heavy atom. The first-order valence-electron chi connectivity index (χ1n) is 9.29. The molecule has 0 aromatic heterocycles. The summed E-state index contributed by atoms with van der Waals surface area (Å²) in [6, 6.07) is 9.56. The van der Waals surface area contributed by atoms with Crippen LogP contribution in [-0.4, -0.2) is 68.0 Å². The van der Waals surface area contributed by atoms with E-state index < -0.39 is 0 Å². The van der Waals surface area contributed by atoms with Gasteiger partial charge >= 0.3 is 0 Å². The van der Waals surface area contributed by atoms with Crippen molar-refractivity contribution >= 4 is 5.91 Å². The quantitative estimate of drug-likeness (QED) is 0.680. The maximum absolute atomic E-state index is 12.0. The fourth-order valence-corrected chi connectivity index (χ4v) is 3.05. The highest BCUT2D eigenvalue weighted by Gasteiger charge is 2.33. The van der Waals surface area contributed by atoms with Crippen LogP contribution < -0.4 is 10.1 Å². The van der Waals surface area contributed by atoms with Crippen LogP contribution in [0.3, 0.4) is 0 Å². The van der Waals surface area contributed by atoms with Gasteiger partial charge in [0.05, 0.1) is 18.8 Å². The van der Waals surface area contributed by atoms with Crippen LogP contribution in [0.1, 0.15) is 27.7 Å². The van der Waals surface area contributed by atoms with Crippen molar-refractivity contribution in [3.63, 3.8) is 0 Å². The molecule has 2 rings (SSSR count). The molecule has 26 heavy (non-hydrogen) atoms. The molecule has 6 heteroatoms. The molecule has 1 saturated heterocycles. The van der Waals surface area contributed by atoms with Crippen molar-refractivity contribution in [1.29, 1.82) is 0 Å². The van der Waals surface area contributed by atoms with Gasteiger partial charge in [-0.05, 0) is 39.8 Å². The normalized spacial score (nSPS) is 21.4. The Morgan fingerprint density at radius 2 is 1.85 bits per heavy atom. The third-order valence-electron chi connectivity index (χ3n) is 4.47. The number of nitrogens with zero attached hydrogens (tertiary/aromatic N) is 1. The Morgan fingerprint density at radius 3 is 2.50 bits per heavy atom. The van der Waals surface area contributed by atoms with Crippen LogP contribution in [0.2, 0.25) is 0 Å². The first kappa shape index (κ1) is 20.7. The second-order valence-electron chi connectivity index (χ2n) is 7.47. The zero-order chi connectivity index (χ0) is 19.0. The van der Waals surface area contributed by atoms with E-state index in [2.05, 4.69) is 37.9 Å². The maximum Gasteiger partial charge on any atom is 0.246 e. The molecule has 0 radical (unpaired) electrons. The van der Waals surface area contributed by atoms with Crippen molar-refractivity contribution in [3.05, 3.63) is 30.3 Å². The van der Waals surface area contributed by atoms with Gasteiger partial charge in [-0.15, -0.1) is 0 Å². The van der Waals surface area contributed by atoms with Gasteiger partial charge in [0, 0.05) is 25.2 Å². The van der Waals surface area contributed by atoms with Crippen molar-refractivity contribution < 1.29 is 19.0 Å². The average Bonchev–Trinajstić information content (AvgIpc) is 2.60. The minimum Gasteiger partial charge on any atom is -0.491 e. The first-order valence-corrected chi connectivity index (χ1v) is 9.29. The van der Waals surface area contributed by atoms with Gasteiger partial charge in [-0.1, -0.05) is 18.2 Å². The van der Waals surface area contributed by atoms with Crippen LogP contribution in [-0.2, 0) is 14.3 Å². The number of rotatable bonds is 9. The van der Waals surface area contributed by atoms with Crippen LogP contribution in [0.4, 0.5) is 0 Å². The van der Waals surface area contributed by atoms with Crippen molar-refractivity contribution in [2.75, 3.05) is 39.5 Å². The van der Waals surface area contributed by atoms with E-state index in [0.29, 0.717) is 19.8 Å². The number of morpholine rings is 1. The number of para-hydroxylation sites is 1. The topological polar surface area (TPSA) is 60.0 Å². The Bertz CT molecular complexity index is 540. The maximum atomic E-state index is 12.0. The van der Waals surface area contributed by atoms with Gasteiger partial charge in [-0.3, -0.25) is 9.69 Å². The van der Waals surface area contributed by atoms with E-state index in [9.17, 15) is 4.79 Å². The highest BCUT2D eigenvalue weighted by Crippen LogP contribution is 2.20. The summed E-state index contributed by atoms with van der Waals surface area (Å²) in [5.74, 6) is 0.698. The summed E-state index contributed by atoms with van der Waals surface area (Å²) in [4.78, 5) is 14.4. The second-order valence-corrected chi connectivity index (χ2v) is 7.47. The summed E-state index contributed by atoms with van der Waals surface area (Å²) in [7, 11) is 0. The van der Waals surface area contributed by atoms with Gasteiger partial charge in [-0.2, -0.15) is 0 Å². The third-order valence-corrected chi connectivity index (χ3v) is 4.47. The minimum atomic E-state index is -0.127. The molecule has 1 aliphatic heterocycles. The van der Waals surface area contributed by atoms with Crippen molar-refractivity contribution in [1.82, 2.24) is 10.2 Å². The van der Waals surface area contributed by atoms with Gasteiger partial charge in [0.25, 0.3) is 0 Å². The minimum absolute atomic E-state index is 0.0458. The fourth-order valence-electron chi connectivity index (χ4n) is 3.05. The number of nitrogens with one attached hydrogen (secondary N) is 1. The van der Waals surface area contributed by atoms with Crippen LogP contribution in [0.25, 0.3) is 0 Å². The molecular weight excluding hydrogens is 332 g/mol. The first-order chi connectivity index (χ1) is 12.4.